The SMILES string of the molecule is N[C@H](CO)c1c(-c2ccc3c(c2)OCCO3)cccc1-c1ccc2c(c1)OCCO2. The van der Waals surface area contributed by atoms with Crippen LogP contribution in [0.25, 0.3) is 22.3 Å². The second kappa shape index (κ2) is 7.89. The molecule has 154 valence electrons. The van der Waals surface area contributed by atoms with Gasteiger partial charge in [-0.15, -0.1) is 0 Å². The molecular formula is C24H23NO5. The molecule has 3 aromatic rings. The van der Waals surface area contributed by atoms with Crippen molar-refractivity contribution in [2.24, 2.45) is 5.73 Å². The van der Waals surface area contributed by atoms with Gasteiger partial charge in [0, 0.05) is 0 Å². The number of aliphatic hydroxyl groups excluding tert-OH is 1. The molecule has 0 saturated carbocycles. The fourth-order valence-corrected chi connectivity index (χ4v) is 3.98. The molecule has 0 aliphatic carbocycles. The zero-order chi connectivity index (χ0) is 20.5. The Labute approximate surface area is 174 Å². The molecule has 5 rings (SSSR count). The van der Waals surface area contributed by atoms with E-state index in [1.165, 1.54) is 0 Å². The molecule has 0 amide bonds. The normalized spacial score (nSPS) is 15.5. The van der Waals surface area contributed by atoms with Crippen molar-refractivity contribution in [2.75, 3.05) is 33.0 Å². The zero-order valence-electron chi connectivity index (χ0n) is 16.5. The molecule has 2 aliphatic rings. The standard InChI is InChI=1S/C24H23NO5/c25-19(14-26)24-17(15-4-6-20-22(12-15)29-10-8-27-20)2-1-3-18(24)16-5-7-21-23(13-16)30-11-9-28-21/h1-7,12-13,19,26H,8-11,14,25H2/t19-/m1/s1. The van der Waals surface area contributed by atoms with Crippen molar-refractivity contribution in [2.45, 2.75) is 6.04 Å². The molecule has 0 fully saturated rings. The van der Waals surface area contributed by atoms with Gasteiger partial charge in [-0.2, -0.15) is 0 Å². The van der Waals surface area contributed by atoms with E-state index in [0.717, 1.165) is 39.3 Å². The Morgan fingerprint density at radius 1 is 0.700 bits per heavy atom. The Bertz CT molecular complexity index is 1000. The van der Waals surface area contributed by atoms with Crippen molar-refractivity contribution in [3.8, 4) is 45.3 Å². The molecule has 2 heterocycles. The van der Waals surface area contributed by atoms with Gasteiger partial charge in [0.25, 0.3) is 0 Å². The van der Waals surface area contributed by atoms with Crippen LogP contribution >= 0.6 is 0 Å². The Morgan fingerprint density at radius 3 is 1.63 bits per heavy atom. The number of hydrogen-bond donors (Lipinski definition) is 2. The summed E-state index contributed by atoms with van der Waals surface area (Å²) in [5.41, 5.74) is 11.1. The first kappa shape index (κ1) is 18.8. The van der Waals surface area contributed by atoms with E-state index < -0.39 is 6.04 Å². The minimum atomic E-state index is -0.544. The van der Waals surface area contributed by atoms with Gasteiger partial charge in [-0.3, -0.25) is 0 Å². The number of ether oxygens (including phenoxy) is 4. The summed E-state index contributed by atoms with van der Waals surface area (Å²) in [6.45, 7) is 1.98. The summed E-state index contributed by atoms with van der Waals surface area (Å²) >= 11 is 0. The summed E-state index contributed by atoms with van der Waals surface area (Å²) in [5, 5.41) is 9.90. The van der Waals surface area contributed by atoms with E-state index >= 15 is 0 Å². The minimum absolute atomic E-state index is 0.168. The lowest BCUT2D eigenvalue weighted by atomic mass is 9.88. The van der Waals surface area contributed by atoms with E-state index in [9.17, 15) is 5.11 Å². The maximum Gasteiger partial charge on any atom is 0.161 e. The predicted molar refractivity (Wildman–Crippen MR) is 113 cm³/mol. The van der Waals surface area contributed by atoms with E-state index in [-0.39, 0.29) is 6.61 Å². The Morgan fingerprint density at radius 2 is 1.17 bits per heavy atom. The van der Waals surface area contributed by atoms with E-state index in [2.05, 4.69) is 0 Å². The number of fused-ring (bicyclic) bond motifs is 2. The van der Waals surface area contributed by atoms with Gasteiger partial charge in [-0.25, -0.2) is 0 Å². The Kier molecular flexibility index (Phi) is 4.94. The second-order valence-corrected chi connectivity index (χ2v) is 7.27. The van der Waals surface area contributed by atoms with Crippen LogP contribution in [0.5, 0.6) is 23.0 Å². The first-order chi connectivity index (χ1) is 14.7. The van der Waals surface area contributed by atoms with Crippen LogP contribution in [0.2, 0.25) is 0 Å². The molecule has 0 aromatic heterocycles. The molecule has 0 saturated heterocycles. The van der Waals surface area contributed by atoms with Crippen LogP contribution in [0.15, 0.2) is 54.6 Å². The van der Waals surface area contributed by atoms with Crippen molar-refractivity contribution >= 4 is 0 Å². The molecule has 30 heavy (non-hydrogen) atoms. The molecule has 1 atom stereocenters. The van der Waals surface area contributed by atoms with Gasteiger partial charge in [0.2, 0.25) is 0 Å². The van der Waals surface area contributed by atoms with Gasteiger partial charge >= 0.3 is 0 Å². The molecule has 6 heteroatoms. The monoisotopic (exact) mass is 405 g/mol. The third-order valence-electron chi connectivity index (χ3n) is 5.38. The Hall–Kier alpha value is -3.22. The van der Waals surface area contributed by atoms with Crippen LogP contribution in [-0.2, 0) is 0 Å². The van der Waals surface area contributed by atoms with Crippen LogP contribution in [0.1, 0.15) is 11.6 Å². The number of rotatable bonds is 4. The summed E-state index contributed by atoms with van der Waals surface area (Å²) in [6, 6.07) is 17.2. The molecule has 0 unspecified atom stereocenters. The molecule has 2 aliphatic heterocycles. The van der Waals surface area contributed by atoms with Crippen molar-refractivity contribution in [3.63, 3.8) is 0 Å². The molecule has 3 aromatic carbocycles. The fourth-order valence-electron chi connectivity index (χ4n) is 3.98. The molecule has 0 radical (unpaired) electrons. The van der Waals surface area contributed by atoms with Crippen molar-refractivity contribution in [1.82, 2.24) is 0 Å². The van der Waals surface area contributed by atoms with E-state index in [0.29, 0.717) is 37.9 Å². The topological polar surface area (TPSA) is 83.2 Å². The lowest BCUT2D eigenvalue weighted by Gasteiger charge is -2.23. The van der Waals surface area contributed by atoms with E-state index in [1.54, 1.807) is 0 Å². The van der Waals surface area contributed by atoms with Crippen molar-refractivity contribution in [1.29, 1.82) is 0 Å². The highest BCUT2D eigenvalue weighted by Gasteiger charge is 2.21. The highest BCUT2D eigenvalue weighted by molar-refractivity contribution is 5.81. The number of nitrogens with two attached hydrogens (primary N) is 1. The summed E-state index contributed by atoms with van der Waals surface area (Å²) < 4.78 is 22.8. The maximum absolute atomic E-state index is 9.90. The zero-order valence-corrected chi connectivity index (χ0v) is 16.5. The molecule has 0 bridgehead atoms. The van der Waals surface area contributed by atoms with Gasteiger partial charge < -0.3 is 29.8 Å². The average Bonchev–Trinajstić information content (AvgIpc) is 2.82. The smallest absolute Gasteiger partial charge is 0.161 e. The van der Waals surface area contributed by atoms with Gasteiger partial charge in [0.15, 0.2) is 23.0 Å². The van der Waals surface area contributed by atoms with Crippen LogP contribution in [-0.4, -0.2) is 38.1 Å². The van der Waals surface area contributed by atoms with Gasteiger partial charge in [-0.1, -0.05) is 30.3 Å². The molecular weight excluding hydrogens is 382 g/mol. The van der Waals surface area contributed by atoms with Gasteiger partial charge in [-0.05, 0) is 52.1 Å². The largest absolute Gasteiger partial charge is 0.486 e. The highest BCUT2D eigenvalue weighted by Crippen LogP contribution is 2.42. The lowest BCUT2D eigenvalue weighted by molar-refractivity contribution is 0.171. The van der Waals surface area contributed by atoms with Crippen LogP contribution < -0.4 is 24.7 Å². The lowest BCUT2D eigenvalue weighted by Crippen LogP contribution is -2.17. The fraction of sp³-hybridized carbons (Fsp3) is 0.250. The summed E-state index contributed by atoms with van der Waals surface area (Å²) in [7, 11) is 0. The van der Waals surface area contributed by atoms with Gasteiger partial charge in [0.1, 0.15) is 26.4 Å². The first-order valence-corrected chi connectivity index (χ1v) is 10.0. The van der Waals surface area contributed by atoms with Crippen molar-refractivity contribution in [3.05, 3.63) is 60.2 Å². The summed E-state index contributed by atoms with van der Waals surface area (Å²) in [4.78, 5) is 0. The summed E-state index contributed by atoms with van der Waals surface area (Å²) in [6.07, 6.45) is 0. The van der Waals surface area contributed by atoms with Crippen LogP contribution in [0.4, 0.5) is 0 Å². The maximum atomic E-state index is 9.90. The molecule has 6 nitrogen and oxygen atoms in total. The second-order valence-electron chi connectivity index (χ2n) is 7.27. The molecule has 3 N–H and O–H groups in total. The van der Waals surface area contributed by atoms with E-state index in [4.69, 9.17) is 24.7 Å². The number of hydrogen-bond acceptors (Lipinski definition) is 6. The minimum Gasteiger partial charge on any atom is -0.486 e. The number of benzene rings is 3. The average molecular weight is 405 g/mol. The van der Waals surface area contributed by atoms with E-state index in [1.807, 2.05) is 54.6 Å². The number of aliphatic hydroxyl groups is 1. The first-order valence-electron chi connectivity index (χ1n) is 10.0. The van der Waals surface area contributed by atoms with Crippen LogP contribution in [0, 0.1) is 0 Å². The third-order valence-corrected chi connectivity index (χ3v) is 5.38. The van der Waals surface area contributed by atoms with Gasteiger partial charge in [0.05, 0.1) is 12.6 Å². The predicted octanol–water partition coefficient (Wildman–Crippen LogP) is 3.56. The third kappa shape index (κ3) is 3.34. The Balaban J connectivity index is 1.65. The molecule has 0 spiro atoms. The highest BCUT2D eigenvalue weighted by atomic mass is 16.6. The summed E-state index contributed by atoms with van der Waals surface area (Å²) in [5.74, 6) is 2.90. The van der Waals surface area contributed by atoms with Crippen LogP contribution in [0.3, 0.4) is 0 Å². The quantitative estimate of drug-likeness (QED) is 0.691. The van der Waals surface area contributed by atoms with Crippen molar-refractivity contribution < 1.29 is 24.1 Å².